The number of aryl methyl sites for hydroxylation is 2. The first-order valence-corrected chi connectivity index (χ1v) is 9.50. The molecule has 2 aliphatic rings. The van der Waals surface area contributed by atoms with E-state index in [9.17, 15) is 14.7 Å². The van der Waals surface area contributed by atoms with Gasteiger partial charge >= 0.3 is 5.69 Å². The van der Waals surface area contributed by atoms with Crippen molar-refractivity contribution >= 4 is 5.91 Å². The minimum Gasteiger partial charge on any atom is -0.393 e. The minimum absolute atomic E-state index is 0.0199. The van der Waals surface area contributed by atoms with Crippen molar-refractivity contribution in [1.82, 2.24) is 14.5 Å². The number of aromatic nitrogens is 2. The van der Waals surface area contributed by atoms with Crippen molar-refractivity contribution in [2.24, 2.45) is 0 Å². The Morgan fingerprint density at radius 2 is 2.08 bits per heavy atom. The SMILES string of the molecule is CC[C@H]1C[C@@H](O)CC2(CCN(C(=O)Cn3c(C)cc(C)nc3=O)CC2)O1. The minimum atomic E-state index is -0.381. The van der Waals surface area contributed by atoms with Gasteiger partial charge in [0.05, 0.1) is 17.8 Å². The van der Waals surface area contributed by atoms with Crippen molar-refractivity contribution in [3.8, 4) is 0 Å². The quantitative estimate of drug-likeness (QED) is 0.871. The summed E-state index contributed by atoms with van der Waals surface area (Å²) in [5, 5.41) is 10.2. The van der Waals surface area contributed by atoms with Crippen molar-refractivity contribution in [2.75, 3.05) is 13.1 Å². The topological polar surface area (TPSA) is 84.7 Å². The molecular weight excluding hydrogens is 334 g/mol. The third kappa shape index (κ3) is 3.99. The molecule has 144 valence electrons. The van der Waals surface area contributed by atoms with Gasteiger partial charge in [0.1, 0.15) is 6.54 Å². The lowest BCUT2D eigenvalue weighted by molar-refractivity contribution is -0.184. The van der Waals surface area contributed by atoms with E-state index in [0.29, 0.717) is 31.6 Å². The van der Waals surface area contributed by atoms with Gasteiger partial charge in [0.2, 0.25) is 5.91 Å². The molecule has 1 spiro atoms. The maximum atomic E-state index is 12.7. The normalized spacial score (nSPS) is 25.5. The number of amides is 1. The van der Waals surface area contributed by atoms with Gasteiger partial charge in [-0.3, -0.25) is 9.36 Å². The molecule has 7 nitrogen and oxygen atoms in total. The van der Waals surface area contributed by atoms with E-state index in [2.05, 4.69) is 11.9 Å². The van der Waals surface area contributed by atoms with E-state index in [1.54, 1.807) is 11.8 Å². The van der Waals surface area contributed by atoms with Gasteiger partial charge in [0.25, 0.3) is 0 Å². The number of nitrogens with zero attached hydrogens (tertiary/aromatic N) is 3. The van der Waals surface area contributed by atoms with E-state index in [-0.39, 0.29) is 36.0 Å². The number of carbonyl (C=O) groups excluding carboxylic acids is 1. The van der Waals surface area contributed by atoms with Crippen LogP contribution in [0.5, 0.6) is 0 Å². The third-order valence-corrected chi connectivity index (χ3v) is 5.68. The molecule has 26 heavy (non-hydrogen) atoms. The molecule has 1 aromatic rings. The molecule has 0 unspecified atom stereocenters. The summed E-state index contributed by atoms with van der Waals surface area (Å²) < 4.78 is 7.69. The van der Waals surface area contributed by atoms with E-state index < -0.39 is 0 Å². The van der Waals surface area contributed by atoms with Crippen molar-refractivity contribution < 1.29 is 14.6 Å². The number of aliphatic hydroxyl groups excluding tert-OH is 1. The molecule has 0 radical (unpaired) electrons. The van der Waals surface area contributed by atoms with Crippen LogP contribution in [0, 0.1) is 13.8 Å². The van der Waals surface area contributed by atoms with Gasteiger partial charge in [-0.2, -0.15) is 4.98 Å². The summed E-state index contributed by atoms with van der Waals surface area (Å²) in [6.45, 7) is 6.87. The predicted molar refractivity (Wildman–Crippen MR) is 96.9 cm³/mol. The fourth-order valence-corrected chi connectivity index (χ4v) is 4.20. The lowest BCUT2D eigenvalue weighted by Crippen LogP contribution is -2.54. The van der Waals surface area contributed by atoms with Crippen molar-refractivity contribution in [1.29, 1.82) is 0 Å². The molecule has 0 aromatic carbocycles. The molecule has 1 N–H and O–H groups in total. The van der Waals surface area contributed by atoms with Crippen LogP contribution in [0.15, 0.2) is 10.9 Å². The summed E-state index contributed by atoms with van der Waals surface area (Å²) in [6, 6.07) is 1.81. The number of aliphatic hydroxyl groups is 1. The van der Waals surface area contributed by atoms with E-state index in [1.165, 1.54) is 4.57 Å². The van der Waals surface area contributed by atoms with Crippen molar-refractivity contribution in [3.63, 3.8) is 0 Å². The van der Waals surface area contributed by atoms with Gasteiger partial charge in [-0.1, -0.05) is 6.92 Å². The Kier molecular flexibility index (Phi) is 5.48. The lowest BCUT2D eigenvalue weighted by atomic mass is 9.81. The van der Waals surface area contributed by atoms with Crippen LogP contribution < -0.4 is 5.69 Å². The number of piperidine rings is 1. The molecule has 3 heterocycles. The Bertz CT molecular complexity index is 722. The van der Waals surface area contributed by atoms with Crippen LogP contribution in [0.25, 0.3) is 0 Å². The van der Waals surface area contributed by atoms with Crippen LogP contribution in [0.3, 0.4) is 0 Å². The van der Waals surface area contributed by atoms with Gasteiger partial charge < -0.3 is 14.7 Å². The zero-order valence-corrected chi connectivity index (χ0v) is 15.9. The van der Waals surface area contributed by atoms with Crippen LogP contribution >= 0.6 is 0 Å². The molecule has 2 saturated heterocycles. The van der Waals surface area contributed by atoms with Crippen LogP contribution in [-0.2, 0) is 16.1 Å². The fraction of sp³-hybridized carbons (Fsp3) is 0.737. The molecule has 2 fully saturated rings. The second-order valence-electron chi connectivity index (χ2n) is 7.71. The van der Waals surface area contributed by atoms with Gasteiger partial charge in [-0.15, -0.1) is 0 Å². The highest BCUT2D eigenvalue weighted by molar-refractivity contribution is 5.76. The van der Waals surface area contributed by atoms with E-state index in [1.807, 2.05) is 13.0 Å². The highest BCUT2D eigenvalue weighted by Crippen LogP contribution is 2.38. The number of likely N-dealkylation sites (tertiary alicyclic amines) is 1. The summed E-state index contributed by atoms with van der Waals surface area (Å²) in [5.41, 5.74) is 0.713. The fourth-order valence-electron chi connectivity index (χ4n) is 4.20. The molecule has 0 aliphatic carbocycles. The summed E-state index contributed by atoms with van der Waals surface area (Å²) >= 11 is 0. The van der Waals surface area contributed by atoms with Gasteiger partial charge in [0, 0.05) is 30.9 Å². The standard InChI is InChI=1S/C19H29N3O4/c1-4-16-10-15(23)11-19(26-16)5-7-21(8-6-19)17(24)12-22-14(3)9-13(2)20-18(22)25/h9,15-16,23H,4-8,10-12H2,1-3H3/t15-,16+/m1/s1. The largest absolute Gasteiger partial charge is 0.393 e. The second-order valence-corrected chi connectivity index (χ2v) is 7.71. The number of rotatable bonds is 3. The zero-order chi connectivity index (χ0) is 18.9. The number of carbonyl (C=O) groups is 1. The summed E-state index contributed by atoms with van der Waals surface area (Å²) in [4.78, 5) is 30.4. The predicted octanol–water partition coefficient (Wildman–Crippen LogP) is 1.17. The van der Waals surface area contributed by atoms with Crippen LogP contribution in [0.2, 0.25) is 0 Å². The van der Waals surface area contributed by atoms with E-state index in [0.717, 1.165) is 25.0 Å². The maximum Gasteiger partial charge on any atom is 0.348 e. The monoisotopic (exact) mass is 363 g/mol. The number of ether oxygens (including phenoxy) is 1. The maximum absolute atomic E-state index is 12.7. The molecule has 0 bridgehead atoms. The summed E-state index contributed by atoms with van der Waals surface area (Å²) in [7, 11) is 0. The summed E-state index contributed by atoms with van der Waals surface area (Å²) in [5.74, 6) is -0.0703. The average Bonchev–Trinajstić information content (AvgIpc) is 2.57. The van der Waals surface area contributed by atoms with Crippen LogP contribution in [0.4, 0.5) is 0 Å². The zero-order valence-electron chi connectivity index (χ0n) is 15.9. The average molecular weight is 363 g/mol. The van der Waals surface area contributed by atoms with Gasteiger partial charge in [-0.25, -0.2) is 4.79 Å². The second kappa shape index (κ2) is 7.48. The molecule has 1 aromatic heterocycles. The third-order valence-electron chi connectivity index (χ3n) is 5.68. The van der Waals surface area contributed by atoms with Crippen LogP contribution in [0.1, 0.15) is 50.4 Å². The van der Waals surface area contributed by atoms with Crippen molar-refractivity contribution in [3.05, 3.63) is 27.9 Å². The number of hydrogen-bond donors (Lipinski definition) is 1. The molecular formula is C19H29N3O4. The Balaban J connectivity index is 1.63. The first-order chi connectivity index (χ1) is 12.3. The molecule has 3 rings (SSSR count). The lowest BCUT2D eigenvalue weighted by Gasteiger charge is -2.47. The first kappa shape index (κ1) is 19.0. The smallest absolute Gasteiger partial charge is 0.348 e. The van der Waals surface area contributed by atoms with E-state index >= 15 is 0 Å². The Morgan fingerprint density at radius 1 is 1.38 bits per heavy atom. The van der Waals surface area contributed by atoms with Crippen molar-refractivity contribution in [2.45, 2.75) is 77.2 Å². The molecule has 2 aliphatic heterocycles. The highest BCUT2D eigenvalue weighted by atomic mass is 16.5. The first-order valence-electron chi connectivity index (χ1n) is 9.50. The van der Waals surface area contributed by atoms with Crippen LogP contribution in [-0.4, -0.2) is 56.4 Å². The van der Waals surface area contributed by atoms with Gasteiger partial charge in [0.15, 0.2) is 0 Å². The molecule has 0 saturated carbocycles. The summed E-state index contributed by atoms with van der Waals surface area (Å²) in [6.07, 6.45) is 3.47. The molecule has 1 amide bonds. The van der Waals surface area contributed by atoms with Gasteiger partial charge in [-0.05, 0) is 45.6 Å². The molecule has 7 heteroatoms. The number of hydrogen-bond acceptors (Lipinski definition) is 5. The Labute approximate surface area is 154 Å². The van der Waals surface area contributed by atoms with E-state index in [4.69, 9.17) is 4.74 Å². The Morgan fingerprint density at radius 3 is 2.69 bits per heavy atom. The highest BCUT2D eigenvalue weighted by Gasteiger charge is 2.43. The Hall–Kier alpha value is -1.73. The molecule has 2 atom stereocenters.